The molecular weight excluding hydrogens is 534 g/mol. The highest BCUT2D eigenvalue weighted by molar-refractivity contribution is 8.02. The summed E-state index contributed by atoms with van der Waals surface area (Å²) in [6.45, 7) is 14.1. The van der Waals surface area contributed by atoms with E-state index in [4.69, 9.17) is 11.6 Å². The molecule has 3 saturated heterocycles. The first-order valence-electron chi connectivity index (χ1n) is 13.7. The van der Waals surface area contributed by atoms with Crippen molar-refractivity contribution >= 4 is 46.8 Å². The summed E-state index contributed by atoms with van der Waals surface area (Å²) < 4.78 is -1.24. The van der Waals surface area contributed by atoms with E-state index in [0.29, 0.717) is 23.7 Å². The number of thioether (sulfide) groups is 1. The van der Waals surface area contributed by atoms with E-state index in [-0.39, 0.29) is 36.8 Å². The number of aliphatic hydroxyl groups excluding tert-OH is 1. The quantitative estimate of drug-likeness (QED) is 0.397. The molecule has 2 bridgehead atoms. The summed E-state index contributed by atoms with van der Waals surface area (Å²) in [6.07, 6.45) is 5.45. The first-order chi connectivity index (χ1) is 18.5. The van der Waals surface area contributed by atoms with Crippen LogP contribution in [0, 0.1) is 17.8 Å². The zero-order chi connectivity index (χ0) is 28.7. The van der Waals surface area contributed by atoms with Gasteiger partial charge in [-0.1, -0.05) is 44.0 Å². The molecule has 7 nitrogen and oxygen atoms in total. The molecule has 1 spiro atoms. The summed E-state index contributed by atoms with van der Waals surface area (Å²) in [4.78, 5) is 48.0. The van der Waals surface area contributed by atoms with E-state index in [1.807, 2.05) is 13.8 Å². The number of benzene rings is 1. The van der Waals surface area contributed by atoms with Crippen molar-refractivity contribution in [2.45, 2.75) is 61.6 Å². The van der Waals surface area contributed by atoms with Crippen LogP contribution >= 0.6 is 23.4 Å². The van der Waals surface area contributed by atoms with Gasteiger partial charge in [-0.25, -0.2) is 0 Å². The zero-order valence-electron chi connectivity index (χ0n) is 23.3. The van der Waals surface area contributed by atoms with Crippen molar-refractivity contribution in [1.29, 1.82) is 0 Å². The molecule has 0 radical (unpaired) electrons. The number of rotatable bonds is 11. The number of carbonyl (C=O) groups excluding carboxylic acids is 3. The second-order valence-electron chi connectivity index (χ2n) is 11.3. The molecular formula is C30H40ClN3O4S. The van der Waals surface area contributed by atoms with E-state index >= 15 is 0 Å². The summed E-state index contributed by atoms with van der Waals surface area (Å²) in [7, 11) is 1.73. The van der Waals surface area contributed by atoms with Crippen LogP contribution in [0.3, 0.4) is 0 Å². The first kappa shape index (κ1) is 29.7. The molecule has 9 heteroatoms. The summed E-state index contributed by atoms with van der Waals surface area (Å²) >= 11 is 7.77. The number of carbonyl (C=O) groups is 3. The lowest BCUT2D eigenvalue weighted by Crippen LogP contribution is -2.58. The van der Waals surface area contributed by atoms with Crippen LogP contribution in [0.5, 0.6) is 0 Å². The molecule has 39 heavy (non-hydrogen) atoms. The summed E-state index contributed by atoms with van der Waals surface area (Å²) in [5.41, 5.74) is 0.655. The van der Waals surface area contributed by atoms with Gasteiger partial charge in [0, 0.05) is 35.6 Å². The molecule has 3 amide bonds. The second-order valence-corrected chi connectivity index (χ2v) is 13.7. The Labute approximate surface area is 241 Å². The molecule has 1 aromatic rings. The van der Waals surface area contributed by atoms with Gasteiger partial charge in [-0.05, 0) is 49.9 Å². The third-order valence-corrected chi connectivity index (χ3v) is 11.3. The lowest BCUT2D eigenvalue weighted by atomic mass is 9.66. The molecule has 0 aliphatic carbocycles. The molecule has 212 valence electrons. The van der Waals surface area contributed by atoms with Crippen molar-refractivity contribution < 1.29 is 19.5 Å². The van der Waals surface area contributed by atoms with E-state index in [1.165, 1.54) is 0 Å². The second kappa shape index (κ2) is 11.3. The SMILES string of the molecule is C=CCN(C)C(=O)[C@@H]1[C@H]2C(=O)N([C@@H](CO)[C@@H](C)CC)C(C(=O)N(CC=C)c3ccc(Cl)cc3)C23CC[C@@]1(C)S3. The van der Waals surface area contributed by atoms with Crippen LogP contribution in [0.1, 0.15) is 40.0 Å². The van der Waals surface area contributed by atoms with Crippen LogP contribution in [0.4, 0.5) is 5.69 Å². The smallest absolute Gasteiger partial charge is 0.251 e. The van der Waals surface area contributed by atoms with E-state index < -0.39 is 33.4 Å². The maximum atomic E-state index is 14.7. The predicted molar refractivity (Wildman–Crippen MR) is 158 cm³/mol. The number of halogens is 1. The molecule has 3 fully saturated rings. The topological polar surface area (TPSA) is 81.2 Å². The Balaban J connectivity index is 1.87. The van der Waals surface area contributed by atoms with Gasteiger partial charge in [-0.15, -0.1) is 24.9 Å². The minimum atomic E-state index is -0.828. The monoisotopic (exact) mass is 573 g/mol. The van der Waals surface area contributed by atoms with Crippen molar-refractivity contribution in [3.63, 3.8) is 0 Å². The fraction of sp³-hybridized carbons (Fsp3) is 0.567. The number of anilines is 1. The largest absolute Gasteiger partial charge is 0.394 e. The van der Waals surface area contributed by atoms with Crippen LogP contribution in [0.25, 0.3) is 0 Å². The zero-order valence-corrected chi connectivity index (χ0v) is 24.9. The van der Waals surface area contributed by atoms with Crippen LogP contribution in [0.15, 0.2) is 49.6 Å². The average Bonchev–Trinajstić information content (AvgIpc) is 3.48. The third kappa shape index (κ3) is 4.72. The van der Waals surface area contributed by atoms with Gasteiger partial charge < -0.3 is 19.8 Å². The number of nitrogens with zero attached hydrogens (tertiary/aromatic N) is 3. The maximum Gasteiger partial charge on any atom is 0.251 e. The lowest BCUT2D eigenvalue weighted by molar-refractivity contribution is -0.146. The minimum absolute atomic E-state index is 0.0387. The van der Waals surface area contributed by atoms with Gasteiger partial charge in [0.15, 0.2) is 0 Å². The number of hydrogen-bond donors (Lipinski definition) is 1. The molecule has 3 heterocycles. The molecule has 0 saturated carbocycles. The number of fused-ring (bicyclic) bond motifs is 1. The summed E-state index contributed by atoms with van der Waals surface area (Å²) in [6, 6.07) is 5.67. The number of likely N-dealkylation sites (N-methyl/N-ethyl adjacent to an activating group) is 1. The Kier molecular flexibility index (Phi) is 8.60. The van der Waals surface area contributed by atoms with Crippen molar-refractivity contribution in [3.05, 3.63) is 54.6 Å². The fourth-order valence-corrected chi connectivity index (χ4v) is 9.39. The maximum absolute atomic E-state index is 14.7. The Morgan fingerprint density at radius 2 is 1.85 bits per heavy atom. The van der Waals surface area contributed by atoms with Crippen molar-refractivity contribution in [1.82, 2.24) is 9.80 Å². The Morgan fingerprint density at radius 3 is 2.41 bits per heavy atom. The number of amides is 3. The van der Waals surface area contributed by atoms with Gasteiger partial charge in [0.25, 0.3) is 5.91 Å². The van der Waals surface area contributed by atoms with Gasteiger partial charge >= 0.3 is 0 Å². The number of likely N-dealkylation sites (tertiary alicyclic amines) is 1. The molecule has 1 N–H and O–H groups in total. The Bertz CT molecular complexity index is 1150. The molecule has 0 aromatic heterocycles. The van der Waals surface area contributed by atoms with E-state index in [9.17, 15) is 19.5 Å². The van der Waals surface area contributed by atoms with Crippen LogP contribution in [-0.2, 0) is 14.4 Å². The van der Waals surface area contributed by atoms with Gasteiger partial charge in [0.2, 0.25) is 11.8 Å². The third-order valence-electron chi connectivity index (χ3n) is 9.05. The van der Waals surface area contributed by atoms with E-state index in [1.54, 1.807) is 69.9 Å². The van der Waals surface area contributed by atoms with E-state index in [2.05, 4.69) is 20.1 Å². The van der Waals surface area contributed by atoms with Gasteiger partial charge in [0.05, 0.1) is 29.2 Å². The normalized spacial score (nSPS) is 30.6. The average molecular weight is 574 g/mol. The van der Waals surface area contributed by atoms with Gasteiger partial charge in [-0.3, -0.25) is 14.4 Å². The van der Waals surface area contributed by atoms with Crippen LogP contribution in [0.2, 0.25) is 5.02 Å². The minimum Gasteiger partial charge on any atom is -0.394 e. The highest BCUT2D eigenvalue weighted by Gasteiger charge is 2.78. The van der Waals surface area contributed by atoms with Gasteiger partial charge in [0.1, 0.15) is 6.04 Å². The number of aliphatic hydroxyl groups is 1. The highest BCUT2D eigenvalue weighted by atomic mass is 35.5. The lowest BCUT2D eigenvalue weighted by Gasteiger charge is -2.41. The molecule has 7 atom stereocenters. The van der Waals surface area contributed by atoms with Crippen LogP contribution in [-0.4, -0.2) is 80.9 Å². The Hall–Kier alpha value is -2.29. The molecule has 3 aliphatic heterocycles. The van der Waals surface area contributed by atoms with Crippen molar-refractivity contribution in [2.24, 2.45) is 17.8 Å². The Morgan fingerprint density at radius 1 is 1.21 bits per heavy atom. The van der Waals surface area contributed by atoms with Crippen molar-refractivity contribution in [2.75, 3.05) is 31.6 Å². The number of hydrogen-bond acceptors (Lipinski definition) is 5. The van der Waals surface area contributed by atoms with Crippen molar-refractivity contribution in [3.8, 4) is 0 Å². The fourth-order valence-electron chi connectivity index (χ4n) is 6.93. The highest BCUT2D eigenvalue weighted by Crippen LogP contribution is 2.72. The first-order valence-corrected chi connectivity index (χ1v) is 14.9. The molecule has 1 aromatic carbocycles. The standard InChI is InChI=1S/C30H40ClN3O4S/c1-7-16-32(6)26(36)23-24-27(37)34(22(18-35)19(4)9-3)25(30(24)15-14-29(23,5)39-30)28(38)33(17-8-2)21-12-10-20(31)11-13-21/h7-8,10-13,19,22-25,35H,1-2,9,14-18H2,3-6H3/t19-,22-,23-,24-,25?,29+,30?/m0/s1. The predicted octanol–water partition coefficient (Wildman–Crippen LogP) is 4.39. The molecule has 4 rings (SSSR count). The van der Waals surface area contributed by atoms with Crippen LogP contribution < -0.4 is 4.90 Å². The summed E-state index contributed by atoms with van der Waals surface area (Å²) in [5, 5.41) is 11.1. The molecule has 3 aliphatic rings. The van der Waals surface area contributed by atoms with Gasteiger partial charge in [-0.2, -0.15) is 0 Å². The summed E-state index contributed by atoms with van der Waals surface area (Å²) in [5.74, 6) is -1.77. The molecule has 2 unspecified atom stereocenters. The van der Waals surface area contributed by atoms with E-state index in [0.717, 1.165) is 12.8 Å².